The Morgan fingerprint density at radius 1 is 1.21 bits per heavy atom. The third-order valence-corrected chi connectivity index (χ3v) is 5.22. The van der Waals surface area contributed by atoms with E-state index in [1.54, 1.807) is 7.05 Å². The minimum atomic E-state index is 0.496. The molecule has 1 aromatic rings. The number of aryl methyl sites for hydroxylation is 1. The number of rotatable bonds is 8. The van der Waals surface area contributed by atoms with Crippen LogP contribution in [0.2, 0.25) is 0 Å². The zero-order valence-electron chi connectivity index (χ0n) is 17.2. The standard InChI is InChI=1S/C21H34N4O3/c1-17-3-4-19(20(13-17)28-16-18-5-10-27-15-18)14-24-21(22-2)23-6-7-25-8-11-26-12-9-25/h3-4,13,18H,5-12,14-16H2,1-2H3,(H2,22,23,24). The van der Waals surface area contributed by atoms with Crippen LogP contribution in [-0.4, -0.2) is 77.1 Å². The third kappa shape index (κ3) is 6.65. The summed E-state index contributed by atoms with van der Waals surface area (Å²) >= 11 is 0. The number of nitrogens with zero attached hydrogens (tertiary/aromatic N) is 2. The number of hydrogen-bond donors (Lipinski definition) is 2. The van der Waals surface area contributed by atoms with Gasteiger partial charge >= 0.3 is 0 Å². The lowest BCUT2D eigenvalue weighted by molar-refractivity contribution is 0.0389. The largest absolute Gasteiger partial charge is 0.493 e. The zero-order valence-corrected chi connectivity index (χ0v) is 17.2. The lowest BCUT2D eigenvalue weighted by Gasteiger charge is -2.26. The molecule has 2 saturated heterocycles. The van der Waals surface area contributed by atoms with Crippen molar-refractivity contribution >= 4 is 5.96 Å². The van der Waals surface area contributed by atoms with Crippen molar-refractivity contribution in [1.29, 1.82) is 0 Å². The molecule has 2 aliphatic rings. The van der Waals surface area contributed by atoms with E-state index in [2.05, 4.69) is 45.6 Å². The molecule has 7 heteroatoms. The van der Waals surface area contributed by atoms with Crippen LogP contribution in [0.3, 0.4) is 0 Å². The molecule has 1 atom stereocenters. The molecule has 0 radical (unpaired) electrons. The summed E-state index contributed by atoms with van der Waals surface area (Å²) in [4.78, 5) is 6.74. The van der Waals surface area contributed by atoms with Gasteiger partial charge in [-0.05, 0) is 25.0 Å². The number of guanidine groups is 1. The van der Waals surface area contributed by atoms with Crippen LogP contribution < -0.4 is 15.4 Å². The van der Waals surface area contributed by atoms with Gasteiger partial charge < -0.3 is 24.8 Å². The molecule has 2 fully saturated rings. The maximum Gasteiger partial charge on any atom is 0.191 e. The fraction of sp³-hybridized carbons (Fsp3) is 0.667. The van der Waals surface area contributed by atoms with Gasteiger partial charge in [0.1, 0.15) is 5.75 Å². The number of benzene rings is 1. The van der Waals surface area contributed by atoms with Crippen LogP contribution in [0.4, 0.5) is 0 Å². The normalized spacial score (nSPS) is 20.9. The molecule has 0 aromatic heterocycles. The molecular weight excluding hydrogens is 356 g/mol. The van der Waals surface area contributed by atoms with E-state index < -0.39 is 0 Å². The molecule has 28 heavy (non-hydrogen) atoms. The van der Waals surface area contributed by atoms with E-state index in [0.29, 0.717) is 19.1 Å². The summed E-state index contributed by atoms with van der Waals surface area (Å²) < 4.78 is 17.0. The van der Waals surface area contributed by atoms with E-state index in [0.717, 1.165) is 76.3 Å². The molecule has 7 nitrogen and oxygen atoms in total. The molecule has 0 bridgehead atoms. The predicted octanol–water partition coefficient (Wildman–Crippen LogP) is 1.41. The van der Waals surface area contributed by atoms with Gasteiger partial charge in [0.2, 0.25) is 0 Å². The zero-order chi connectivity index (χ0) is 19.6. The maximum atomic E-state index is 6.13. The van der Waals surface area contributed by atoms with E-state index >= 15 is 0 Å². The van der Waals surface area contributed by atoms with Gasteiger partial charge in [0.05, 0.1) is 26.4 Å². The molecule has 0 amide bonds. The molecular formula is C21H34N4O3. The van der Waals surface area contributed by atoms with Crippen LogP contribution in [0, 0.1) is 12.8 Å². The molecule has 1 aromatic carbocycles. The molecule has 3 rings (SSSR count). The lowest BCUT2D eigenvalue weighted by Crippen LogP contribution is -2.44. The van der Waals surface area contributed by atoms with Gasteiger partial charge in [-0.15, -0.1) is 0 Å². The van der Waals surface area contributed by atoms with Gasteiger partial charge in [-0.25, -0.2) is 0 Å². The molecule has 1 unspecified atom stereocenters. The Hall–Kier alpha value is -1.83. The summed E-state index contributed by atoms with van der Waals surface area (Å²) in [5, 5.41) is 6.80. The van der Waals surface area contributed by atoms with E-state index in [4.69, 9.17) is 14.2 Å². The van der Waals surface area contributed by atoms with E-state index in [1.165, 1.54) is 5.56 Å². The minimum absolute atomic E-state index is 0.496. The maximum absolute atomic E-state index is 6.13. The highest BCUT2D eigenvalue weighted by atomic mass is 16.5. The first-order valence-corrected chi connectivity index (χ1v) is 10.3. The van der Waals surface area contributed by atoms with Crippen molar-refractivity contribution in [2.24, 2.45) is 10.9 Å². The second-order valence-corrected chi connectivity index (χ2v) is 7.46. The Bertz CT molecular complexity index is 626. The molecule has 0 saturated carbocycles. The number of aliphatic imine (C=N–C) groups is 1. The van der Waals surface area contributed by atoms with Crippen LogP contribution in [0.15, 0.2) is 23.2 Å². The van der Waals surface area contributed by atoms with Gasteiger partial charge in [-0.1, -0.05) is 12.1 Å². The Morgan fingerprint density at radius 2 is 2.07 bits per heavy atom. The van der Waals surface area contributed by atoms with E-state index in [9.17, 15) is 0 Å². The summed E-state index contributed by atoms with van der Waals surface area (Å²) in [6, 6.07) is 6.36. The molecule has 2 aliphatic heterocycles. The Morgan fingerprint density at radius 3 is 2.82 bits per heavy atom. The average Bonchev–Trinajstić information content (AvgIpc) is 3.24. The van der Waals surface area contributed by atoms with Gasteiger partial charge in [-0.2, -0.15) is 0 Å². The van der Waals surface area contributed by atoms with Crippen LogP contribution >= 0.6 is 0 Å². The van der Waals surface area contributed by atoms with E-state index in [-0.39, 0.29) is 0 Å². The van der Waals surface area contributed by atoms with Gasteiger partial charge in [0.15, 0.2) is 5.96 Å². The van der Waals surface area contributed by atoms with Crippen LogP contribution in [0.5, 0.6) is 5.75 Å². The van der Waals surface area contributed by atoms with E-state index in [1.807, 2.05) is 0 Å². The number of nitrogens with one attached hydrogen (secondary N) is 2. The summed E-state index contributed by atoms with van der Waals surface area (Å²) in [5.41, 5.74) is 2.34. The van der Waals surface area contributed by atoms with Crippen molar-refractivity contribution < 1.29 is 14.2 Å². The second-order valence-electron chi connectivity index (χ2n) is 7.46. The topological polar surface area (TPSA) is 67.4 Å². The van der Waals surface area contributed by atoms with Crippen molar-refractivity contribution in [3.63, 3.8) is 0 Å². The number of morpholine rings is 1. The first kappa shape index (κ1) is 20.9. The first-order chi connectivity index (χ1) is 13.7. The fourth-order valence-electron chi connectivity index (χ4n) is 3.42. The predicted molar refractivity (Wildman–Crippen MR) is 111 cm³/mol. The van der Waals surface area contributed by atoms with Crippen molar-refractivity contribution in [1.82, 2.24) is 15.5 Å². The van der Waals surface area contributed by atoms with Crippen LogP contribution in [0.25, 0.3) is 0 Å². The average molecular weight is 391 g/mol. The highest BCUT2D eigenvalue weighted by Crippen LogP contribution is 2.22. The molecule has 2 heterocycles. The van der Waals surface area contributed by atoms with Crippen LogP contribution in [0.1, 0.15) is 17.5 Å². The Labute approximate surface area is 168 Å². The molecule has 2 N–H and O–H groups in total. The van der Waals surface area contributed by atoms with Crippen LogP contribution in [-0.2, 0) is 16.0 Å². The Kier molecular flexibility index (Phi) is 8.39. The molecule has 0 spiro atoms. The summed E-state index contributed by atoms with van der Waals surface area (Å²) in [5.74, 6) is 2.25. The first-order valence-electron chi connectivity index (χ1n) is 10.3. The smallest absolute Gasteiger partial charge is 0.191 e. The fourth-order valence-corrected chi connectivity index (χ4v) is 3.42. The monoisotopic (exact) mass is 390 g/mol. The number of ether oxygens (including phenoxy) is 3. The van der Waals surface area contributed by atoms with Crippen molar-refractivity contribution in [3.05, 3.63) is 29.3 Å². The highest BCUT2D eigenvalue weighted by Gasteiger charge is 2.17. The summed E-state index contributed by atoms with van der Waals surface area (Å²) in [6.07, 6.45) is 1.08. The Balaban J connectivity index is 1.46. The van der Waals surface area contributed by atoms with Gasteiger partial charge in [-0.3, -0.25) is 9.89 Å². The van der Waals surface area contributed by atoms with Gasteiger partial charge in [0, 0.05) is 57.9 Å². The lowest BCUT2D eigenvalue weighted by atomic mass is 10.1. The summed E-state index contributed by atoms with van der Waals surface area (Å²) in [6.45, 7) is 10.7. The molecule has 0 aliphatic carbocycles. The summed E-state index contributed by atoms with van der Waals surface area (Å²) in [7, 11) is 1.80. The van der Waals surface area contributed by atoms with Crippen molar-refractivity contribution in [2.45, 2.75) is 19.9 Å². The SMILES string of the molecule is CN=C(NCCN1CCOCC1)NCc1ccc(C)cc1OCC1CCOC1. The highest BCUT2D eigenvalue weighted by molar-refractivity contribution is 5.79. The second kappa shape index (κ2) is 11.2. The third-order valence-electron chi connectivity index (χ3n) is 5.22. The number of hydrogen-bond acceptors (Lipinski definition) is 5. The quantitative estimate of drug-likeness (QED) is 0.517. The van der Waals surface area contributed by atoms with Gasteiger partial charge in [0.25, 0.3) is 0 Å². The van der Waals surface area contributed by atoms with Crippen molar-refractivity contribution in [3.8, 4) is 5.75 Å². The minimum Gasteiger partial charge on any atom is -0.493 e. The molecule has 156 valence electrons. The van der Waals surface area contributed by atoms with Crippen molar-refractivity contribution in [2.75, 3.05) is 66.3 Å².